The molecule has 1 atom stereocenters. The summed E-state index contributed by atoms with van der Waals surface area (Å²) in [7, 11) is 1.48. The summed E-state index contributed by atoms with van der Waals surface area (Å²) in [6.07, 6.45) is -2.54. The molecule has 0 saturated carbocycles. The first-order chi connectivity index (χ1) is 12.9. The summed E-state index contributed by atoms with van der Waals surface area (Å²) in [4.78, 5) is 8.13. The van der Waals surface area contributed by atoms with Crippen LogP contribution in [-0.4, -0.2) is 69.4 Å². The van der Waals surface area contributed by atoms with Crippen molar-refractivity contribution in [3.05, 3.63) is 30.3 Å². The molecule has 1 fully saturated rings. The molecule has 2 rings (SSSR count). The molecule has 1 aromatic carbocycles. The van der Waals surface area contributed by atoms with E-state index in [1.54, 1.807) is 0 Å². The van der Waals surface area contributed by atoms with Gasteiger partial charge in [0.1, 0.15) is 0 Å². The van der Waals surface area contributed by atoms with Gasteiger partial charge in [-0.05, 0) is 45.5 Å². The highest BCUT2D eigenvalue weighted by molar-refractivity contribution is 14.0. The number of hydrogen-bond donors (Lipinski definition) is 2. The third kappa shape index (κ3) is 9.31. The number of halogens is 4. The molecule has 1 heterocycles. The van der Waals surface area contributed by atoms with Crippen LogP contribution in [0.3, 0.4) is 0 Å². The van der Waals surface area contributed by atoms with Gasteiger partial charge >= 0.3 is 6.18 Å². The summed E-state index contributed by atoms with van der Waals surface area (Å²) in [5.74, 6) is 0.732. The maximum absolute atomic E-state index is 12.3. The molecule has 0 aromatic heterocycles. The van der Waals surface area contributed by atoms with Gasteiger partial charge in [0.2, 0.25) is 0 Å². The van der Waals surface area contributed by atoms with Crippen molar-refractivity contribution in [2.45, 2.75) is 32.0 Å². The van der Waals surface area contributed by atoms with Crippen LogP contribution in [0.5, 0.6) is 0 Å². The number of anilines is 1. The zero-order valence-electron chi connectivity index (χ0n) is 16.5. The maximum Gasteiger partial charge on any atom is 0.401 e. The molecule has 9 heteroatoms. The van der Waals surface area contributed by atoms with Crippen molar-refractivity contribution in [3.63, 3.8) is 0 Å². The summed E-state index contributed by atoms with van der Waals surface area (Å²) >= 11 is 0. The molecule has 160 valence electrons. The Kier molecular flexibility index (Phi) is 10.9. The van der Waals surface area contributed by atoms with Crippen molar-refractivity contribution in [2.24, 2.45) is 4.99 Å². The number of nitrogens with zero attached hydrogens (tertiary/aromatic N) is 3. The smallest absolute Gasteiger partial charge is 0.369 e. The molecule has 1 saturated heterocycles. The summed E-state index contributed by atoms with van der Waals surface area (Å²) in [6.45, 7) is 4.62. The first-order valence-electron chi connectivity index (χ1n) is 9.47. The first kappa shape index (κ1) is 24.8. The fraction of sp³-hybridized carbons (Fsp3) is 0.632. The van der Waals surface area contributed by atoms with E-state index in [0.29, 0.717) is 25.6 Å². The number of rotatable bonds is 8. The van der Waals surface area contributed by atoms with E-state index >= 15 is 0 Å². The number of alkyl halides is 3. The first-order valence-corrected chi connectivity index (χ1v) is 9.47. The highest BCUT2D eigenvalue weighted by Gasteiger charge is 2.28. The number of benzene rings is 1. The standard InChI is InChI=1S/C19H30F3N5.HI/c1-3-23-18(24-11-7-12-26(2)15-19(20,21)22)25-16-10-13-27(14-16)17-8-5-4-6-9-17;/h4-6,8-9,16H,3,7,10-15H2,1-2H3,(H2,23,24,25);1H. The van der Waals surface area contributed by atoms with E-state index in [-0.39, 0.29) is 24.0 Å². The van der Waals surface area contributed by atoms with E-state index < -0.39 is 12.7 Å². The largest absolute Gasteiger partial charge is 0.401 e. The Labute approximate surface area is 182 Å². The van der Waals surface area contributed by atoms with Crippen LogP contribution in [0.25, 0.3) is 0 Å². The van der Waals surface area contributed by atoms with Crippen LogP contribution in [0.4, 0.5) is 18.9 Å². The van der Waals surface area contributed by atoms with Crippen LogP contribution in [-0.2, 0) is 0 Å². The second kappa shape index (κ2) is 12.4. The lowest BCUT2D eigenvalue weighted by Crippen LogP contribution is -2.44. The zero-order valence-corrected chi connectivity index (χ0v) is 18.8. The van der Waals surface area contributed by atoms with Crippen molar-refractivity contribution in [1.29, 1.82) is 0 Å². The molecule has 2 N–H and O–H groups in total. The van der Waals surface area contributed by atoms with Gasteiger partial charge in [-0.15, -0.1) is 24.0 Å². The molecular formula is C19H31F3IN5. The molecule has 1 aliphatic rings. The predicted molar refractivity (Wildman–Crippen MR) is 120 cm³/mol. The highest BCUT2D eigenvalue weighted by atomic mass is 127. The number of guanidine groups is 1. The Bertz CT molecular complexity index is 583. The van der Waals surface area contributed by atoms with Crippen molar-refractivity contribution in [1.82, 2.24) is 15.5 Å². The number of aliphatic imine (C=N–C) groups is 1. The van der Waals surface area contributed by atoms with Gasteiger partial charge < -0.3 is 15.5 Å². The molecular weight excluding hydrogens is 482 g/mol. The van der Waals surface area contributed by atoms with Gasteiger partial charge in [0.05, 0.1) is 6.54 Å². The minimum atomic E-state index is -4.15. The Hall–Kier alpha value is -1.23. The third-order valence-corrected chi connectivity index (χ3v) is 4.41. The molecule has 0 amide bonds. The van der Waals surface area contributed by atoms with E-state index in [1.165, 1.54) is 17.6 Å². The normalized spacial score (nSPS) is 17.6. The van der Waals surface area contributed by atoms with E-state index in [0.717, 1.165) is 32.0 Å². The summed E-state index contributed by atoms with van der Waals surface area (Å²) < 4.78 is 37.0. The van der Waals surface area contributed by atoms with E-state index in [4.69, 9.17) is 0 Å². The summed E-state index contributed by atoms with van der Waals surface area (Å²) in [5.41, 5.74) is 1.22. The lowest BCUT2D eigenvalue weighted by molar-refractivity contribution is -0.143. The lowest BCUT2D eigenvalue weighted by atomic mass is 10.3. The monoisotopic (exact) mass is 513 g/mol. The number of nitrogens with one attached hydrogen (secondary N) is 2. The van der Waals surface area contributed by atoms with Crippen LogP contribution in [0.15, 0.2) is 35.3 Å². The van der Waals surface area contributed by atoms with Crippen molar-refractivity contribution in [3.8, 4) is 0 Å². The molecule has 0 bridgehead atoms. The van der Waals surface area contributed by atoms with Gasteiger partial charge in [0.15, 0.2) is 5.96 Å². The van der Waals surface area contributed by atoms with Crippen molar-refractivity contribution < 1.29 is 13.2 Å². The minimum absolute atomic E-state index is 0. The molecule has 5 nitrogen and oxygen atoms in total. The second-order valence-corrected chi connectivity index (χ2v) is 6.88. The van der Waals surface area contributed by atoms with Gasteiger partial charge in [-0.25, -0.2) is 0 Å². The van der Waals surface area contributed by atoms with Gasteiger partial charge in [0.25, 0.3) is 0 Å². The van der Waals surface area contributed by atoms with E-state index in [2.05, 4.69) is 32.7 Å². The van der Waals surface area contributed by atoms with E-state index in [9.17, 15) is 13.2 Å². The molecule has 28 heavy (non-hydrogen) atoms. The Balaban J connectivity index is 0.00000392. The van der Waals surface area contributed by atoms with Gasteiger partial charge in [-0.1, -0.05) is 18.2 Å². The van der Waals surface area contributed by atoms with Crippen LogP contribution < -0.4 is 15.5 Å². The van der Waals surface area contributed by atoms with Crippen LogP contribution in [0, 0.1) is 0 Å². The minimum Gasteiger partial charge on any atom is -0.369 e. The Morgan fingerprint density at radius 2 is 2.00 bits per heavy atom. The summed E-state index contributed by atoms with van der Waals surface area (Å²) in [5, 5.41) is 6.66. The van der Waals surface area contributed by atoms with Gasteiger partial charge in [-0.2, -0.15) is 13.2 Å². The van der Waals surface area contributed by atoms with Crippen molar-refractivity contribution in [2.75, 3.05) is 51.2 Å². The average Bonchev–Trinajstić information content (AvgIpc) is 3.06. The number of hydrogen-bond acceptors (Lipinski definition) is 3. The third-order valence-electron chi connectivity index (χ3n) is 4.41. The molecule has 0 spiro atoms. The molecule has 1 aliphatic heterocycles. The van der Waals surface area contributed by atoms with E-state index in [1.807, 2.05) is 25.1 Å². The van der Waals surface area contributed by atoms with Crippen LogP contribution >= 0.6 is 24.0 Å². The lowest BCUT2D eigenvalue weighted by Gasteiger charge is -2.20. The fourth-order valence-electron chi connectivity index (χ4n) is 3.18. The maximum atomic E-state index is 12.3. The fourth-order valence-corrected chi connectivity index (χ4v) is 3.18. The SMILES string of the molecule is CCNC(=NCCCN(C)CC(F)(F)F)NC1CCN(c2ccccc2)C1.I. The zero-order chi connectivity index (χ0) is 19.7. The second-order valence-electron chi connectivity index (χ2n) is 6.88. The van der Waals surface area contributed by atoms with Gasteiger partial charge in [0, 0.05) is 37.9 Å². The topological polar surface area (TPSA) is 42.9 Å². The molecule has 1 unspecified atom stereocenters. The van der Waals surface area contributed by atoms with Crippen molar-refractivity contribution >= 4 is 35.6 Å². The van der Waals surface area contributed by atoms with Gasteiger partial charge in [-0.3, -0.25) is 9.89 Å². The quantitative estimate of drug-likeness (QED) is 0.242. The summed E-state index contributed by atoms with van der Waals surface area (Å²) in [6, 6.07) is 10.6. The van der Waals surface area contributed by atoms with Crippen LogP contribution in [0.1, 0.15) is 19.8 Å². The predicted octanol–water partition coefficient (Wildman–Crippen LogP) is 3.32. The Morgan fingerprint density at radius 1 is 1.29 bits per heavy atom. The molecule has 1 aromatic rings. The Morgan fingerprint density at radius 3 is 2.64 bits per heavy atom. The molecule has 0 aliphatic carbocycles. The average molecular weight is 513 g/mol. The molecule has 0 radical (unpaired) electrons. The number of para-hydroxylation sites is 1. The highest BCUT2D eigenvalue weighted by Crippen LogP contribution is 2.19. The van der Waals surface area contributed by atoms with Crippen LogP contribution in [0.2, 0.25) is 0 Å².